The highest BCUT2D eigenvalue weighted by atomic mass is 32.1. The van der Waals surface area contributed by atoms with Gasteiger partial charge in [0.2, 0.25) is 5.82 Å². The average molecular weight is 378 g/mol. The predicted molar refractivity (Wildman–Crippen MR) is 106 cm³/mol. The van der Waals surface area contributed by atoms with E-state index < -0.39 is 0 Å². The van der Waals surface area contributed by atoms with Gasteiger partial charge >= 0.3 is 0 Å². The van der Waals surface area contributed by atoms with Crippen molar-refractivity contribution < 1.29 is 4.79 Å². The zero-order valence-electron chi connectivity index (χ0n) is 14.7. The van der Waals surface area contributed by atoms with Gasteiger partial charge in [-0.2, -0.15) is 0 Å². The van der Waals surface area contributed by atoms with E-state index in [-0.39, 0.29) is 5.91 Å². The van der Waals surface area contributed by atoms with E-state index in [1.54, 1.807) is 34.9 Å². The molecule has 0 aliphatic rings. The molecule has 0 bridgehead atoms. The number of carbonyl (C=O) groups excluding carboxylic acids is 1. The molecule has 0 aliphatic carbocycles. The van der Waals surface area contributed by atoms with Crippen LogP contribution in [0.5, 0.6) is 0 Å². The minimum atomic E-state index is -0.106. The molecule has 1 aromatic carbocycles. The van der Waals surface area contributed by atoms with Crippen LogP contribution in [0.25, 0.3) is 16.5 Å². The van der Waals surface area contributed by atoms with Gasteiger partial charge in [0.05, 0.1) is 11.3 Å². The second kappa shape index (κ2) is 7.16. The number of thiazole rings is 1. The molecule has 0 aliphatic heterocycles. The lowest BCUT2D eigenvalue weighted by Gasteiger charge is -2.17. The Hall–Kier alpha value is -3.26. The van der Waals surface area contributed by atoms with Crippen LogP contribution in [0.4, 0.5) is 5.69 Å². The number of hydrogen-bond acceptors (Lipinski definition) is 6. The van der Waals surface area contributed by atoms with Gasteiger partial charge in [0.25, 0.3) is 5.91 Å². The van der Waals surface area contributed by atoms with Gasteiger partial charge in [-0.25, -0.2) is 14.5 Å². The number of carbonyl (C=O) groups is 1. The first-order valence-corrected chi connectivity index (χ1v) is 9.35. The molecule has 8 heteroatoms. The predicted octanol–water partition coefficient (Wildman–Crippen LogP) is 2.75. The minimum Gasteiger partial charge on any atom is -0.396 e. The standard InChI is InChI=1S/C19H18N6OS/c1-24(9-7-13-5-3-2-4-6-13)19(26)14-11-15(20)17-22-16(23-25(17)12-14)18-21-8-10-27-18/h2-6,8,10-12H,7,9,20H2,1H3. The molecule has 0 spiro atoms. The van der Waals surface area contributed by atoms with Gasteiger partial charge in [-0.3, -0.25) is 4.79 Å². The van der Waals surface area contributed by atoms with Crippen LogP contribution >= 0.6 is 11.3 Å². The molecule has 2 N–H and O–H groups in total. The molecule has 0 unspecified atom stereocenters. The normalized spacial score (nSPS) is 11.0. The fraction of sp³-hybridized carbons (Fsp3) is 0.158. The Morgan fingerprint density at radius 3 is 2.85 bits per heavy atom. The summed E-state index contributed by atoms with van der Waals surface area (Å²) in [6.07, 6.45) is 4.15. The third-order valence-corrected chi connectivity index (χ3v) is 5.03. The highest BCUT2D eigenvalue weighted by Crippen LogP contribution is 2.22. The number of nitrogens with zero attached hydrogens (tertiary/aromatic N) is 5. The van der Waals surface area contributed by atoms with E-state index in [4.69, 9.17) is 5.73 Å². The lowest BCUT2D eigenvalue weighted by molar-refractivity contribution is 0.0796. The molecule has 27 heavy (non-hydrogen) atoms. The number of aromatic nitrogens is 4. The Kier molecular flexibility index (Phi) is 4.55. The SMILES string of the molecule is CN(CCc1ccccc1)C(=O)c1cc(N)c2nc(-c3nccs3)nn2c1. The molecule has 4 rings (SSSR count). The fourth-order valence-electron chi connectivity index (χ4n) is 2.82. The summed E-state index contributed by atoms with van der Waals surface area (Å²) in [5.41, 5.74) is 8.71. The number of anilines is 1. The van der Waals surface area contributed by atoms with Crippen LogP contribution in [-0.4, -0.2) is 44.0 Å². The van der Waals surface area contributed by atoms with Crippen molar-refractivity contribution >= 4 is 28.6 Å². The number of nitrogens with two attached hydrogens (primary N) is 1. The largest absolute Gasteiger partial charge is 0.396 e. The van der Waals surface area contributed by atoms with Gasteiger partial charge in [0.15, 0.2) is 10.7 Å². The quantitative estimate of drug-likeness (QED) is 0.577. The van der Waals surface area contributed by atoms with Crippen LogP contribution < -0.4 is 5.73 Å². The Balaban J connectivity index is 1.56. The third kappa shape index (κ3) is 3.52. The number of amides is 1. The number of fused-ring (bicyclic) bond motifs is 1. The van der Waals surface area contributed by atoms with Crippen LogP contribution in [0.15, 0.2) is 54.2 Å². The van der Waals surface area contributed by atoms with Crippen molar-refractivity contribution in [1.29, 1.82) is 0 Å². The van der Waals surface area contributed by atoms with E-state index >= 15 is 0 Å². The van der Waals surface area contributed by atoms with Crippen LogP contribution in [0.2, 0.25) is 0 Å². The maximum Gasteiger partial charge on any atom is 0.255 e. The van der Waals surface area contributed by atoms with E-state index in [1.807, 2.05) is 23.6 Å². The summed E-state index contributed by atoms with van der Waals surface area (Å²) in [6.45, 7) is 0.614. The first kappa shape index (κ1) is 17.2. The van der Waals surface area contributed by atoms with E-state index in [2.05, 4.69) is 27.2 Å². The van der Waals surface area contributed by atoms with Crippen LogP contribution in [-0.2, 0) is 6.42 Å². The Labute approximate surface area is 160 Å². The van der Waals surface area contributed by atoms with Crippen molar-refractivity contribution in [3.8, 4) is 10.8 Å². The van der Waals surface area contributed by atoms with Crippen LogP contribution in [0.1, 0.15) is 15.9 Å². The van der Waals surface area contributed by atoms with Gasteiger partial charge in [-0.1, -0.05) is 30.3 Å². The molecule has 0 saturated heterocycles. The highest BCUT2D eigenvalue weighted by Gasteiger charge is 2.17. The molecule has 0 radical (unpaired) electrons. The molecule has 0 fully saturated rings. The van der Waals surface area contributed by atoms with Gasteiger partial charge in [-0.05, 0) is 18.1 Å². The van der Waals surface area contributed by atoms with Crippen molar-refractivity contribution in [2.45, 2.75) is 6.42 Å². The first-order valence-electron chi connectivity index (χ1n) is 8.47. The molecule has 4 aromatic rings. The lowest BCUT2D eigenvalue weighted by Crippen LogP contribution is -2.29. The van der Waals surface area contributed by atoms with Crippen molar-refractivity contribution in [1.82, 2.24) is 24.5 Å². The molecule has 0 saturated carbocycles. The summed E-state index contributed by atoms with van der Waals surface area (Å²) in [6, 6.07) is 11.7. The van der Waals surface area contributed by atoms with Crippen LogP contribution in [0.3, 0.4) is 0 Å². The van der Waals surface area contributed by atoms with Gasteiger partial charge in [0, 0.05) is 31.4 Å². The fourth-order valence-corrected chi connectivity index (χ4v) is 3.38. The van der Waals surface area contributed by atoms with Crippen LogP contribution in [0, 0.1) is 0 Å². The monoisotopic (exact) mass is 378 g/mol. The maximum absolute atomic E-state index is 12.8. The first-order chi connectivity index (χ1) is 13.1. The Morgan fingerprint density at radius 1 is 1.30 bits per heavy atom. The smallest absolute Gasteiger partial charge is 0.255 e. The Bertz CT molecular complexity index is 1070. The van der Waals surface area contributed by atoms with Gasteiger partial charge in [-0.15, -0.1) is 16.4 Å². The number of pyridine rings is 1. The zero-order chi connectivity index (χ0) is 18.8. The van der Waals surface area contributed by atoms with Crippen molar-refractivity contribution in [2.24, 2.45) is 0 Å². The molecular formula is C19H18N6OS. The third-order valence-electron chi connectivity index (χ3n) is 4.26. The second-order valence-electron chi connectivity index (χ2n) is 6.19. The summed E-state index contributed by atoms with van der Waals surface area (Å²) >= 11 is 1.45. The van der Waals surface area contributed by atoms with Gasteiger partial charge in [0.1, 0.15) is 0 Å². The molecule has 136 valence electrons. The highest BCUT2D eigenvalue weighted by molar-refractivity contribution is 7.13. The summed E-state index contributed by atoms with van der Waals surface area (Å²) < 4.78 is 1.55. The van der Waals surface area contributed by atoms with E-state index in [9.17, 15) is 4.79 Å². The minimum absolute atomic E-state index is 0.106. The second-order valence-corrected chi connectivity index (χ2v) is 7.08. The summed E-state index contributed by atoms with van der Waals surface area (Å²) in [5, 5.41) is 6.99. The number of likely N-dealkylation sites (N-methyl/N-ethyl adjacent to an activating group) is 1. The summed E-state index contributed by atoms with van der Waals surface area (Å²) in [4.78, 5) is 23.1. The average Bonchev–Trinajstić information content (AvgIpc) is 3.35. The summed E-state index contributed by atoms with van der Waals surface area (Å²) in [5.74, 6) is 0.393. The van der Waals surface area contributed by atoms with Crippen molar-refractivity contribution in [3.05, 3.63) is 65.3 Å². The topological polar surface area (TPSA) is 89.4 Å². The molecule has 7 nitrogen and oxygen atoms in total. The zero-order valence-corrected chi connectivity index (χ0v) is 15.6. The number of nitrogen functional groups attached to an aromatic ring is 1. The summed E-state index contributed by atoms with van der Waals surface area (Å²) in [7, 11) is 1.79. The number of hydrogen-bond donors (Lipinski definition) is 1. The molecule has 1 amide bonds. The molecular weight excluding hydrogens is 360 g/mol. The molecule has 3 aromatic heterocycles. The van der Waals surface area contributed by atoms with Gasteiger partial charge < -0.3 is 10.6 Å². The van der Waals surface area contributed by atoms with Crippen molar-refractivity contribution in [2.75, 3.05) is 19.3 Å². The van der Waals surface area contributed by atoms with E-state index in [1.165, 1.54) is 16.9 Å². The number of benzene rings is 1. The van der Waals surface area contributed by atoms with E-state index in [0.29, 0.717) is 34.3 Å². The molecule has 3 heterocycles. The van der Waals surface area contributed by atoms with E-state index in [0.717, 1.165) is 6.42 Å². The number of rotatable bonds is 5. The maximum atomic E-state index is 12.8. The molecule has 0 atom stereocenters. The Morgan fingerprint density at radius 2 is 2.11 bits per heavy atom. The lowest BCUT2D eigenvalue weighted by atomic mass is 10.1. The van der Waals surface area contributed by atoms with Crippen molar-refractivity contribution in [3.63, 3.8) is 0 Å².